The molecule has 1 aromatic heterocycles. The Bertz CT molecular complexity index is 587. The van der Waals surface area contributed by atoms with Crippen molar-refractivity contribution in [2.45, 2.75) is 13.5 Å². The van der Waals surface area contributed by atoms with Crippen LogP contribution in [0.4, 0.5) is 0 Å². The number of aromatic nitrogens is 1. The molecule has 0 saturated carbocycles. The maximum atomic E-state index is 11.7. The Morgan fingerprint density at radius 1 is 1.29 bits per heavy atom. The first-order valence-corrected chi connectivity index (χ1v) is 6.10. The third-order valence-electron chi connectivity index (χ3n) is 2.63. The maximum Gasteiger partial charge on any atom is 0.252 e. The number of halogens is 1. The molecule has 3 N–H and O–H groups in total. The Hall–Kier alpha value is -1.39. The summed E-state index contributed by atoms with van der Waals surface area (Å²) in [7, 11) is 0. The maximum absolute atomic E-state index is 11.7. The van der Waals surface area contributed by atoms with Crippen LogP contribution in [0.1, 0.15) is 11.1 Å². The number of hydrogen-bond donors (Lipinski definition) is 2. The largest absolute Gasteiger partial charge is 0.326 e. The van der Waals surface area contributed by atoms with Gasteiger partial charge in [-0.25, -0.2) is 0 Å². The van der Waals surface area contributed by atoms with Crippen LogP contribution in [-0.4, -0.2) is 4.98 Å². The van der Waals surface area contributed by atoms with E-state index in [0.29, 0.717) is 5.56 Å². The van der Waals surface area contributed by atoms with Gasteiger partial charge in [0, 0.05) is 16.6 Å². The third-order valence-corrected chi connectivity index (χ3v) is 3.26. The number of benzene rings is 1. The normalized spacial score (nSPS) is 10.5. The van der Waals surface area contributed by atoms with Crippen LogP contribution in [0.25, 0.3) is 11.3 Å². The molecule has 2 rings (SSSR count). The van der Waals surface area contributed by atoms with Crippen LogP contribution in [0.5, 0.6) is 0 Å². The molecule has 0 aliphatic heterocycles. The molecule has 0 unspecified atom stereocenters. The van der Waals surface area contributed by atoms with E-state index >= 15 is 0 Å². The van der Waals surface area contributed by atoms with Crippen molar-refractivity contribution in [3.8, 4) is 11.3 Å². The fourth-order valence-corrected chi connectivity index (χ4v) is 2.23. The quantitative estimate of drug-likeness (QED) is 0.894. The van der Waals surface area contributed by atoms with Crippen molar-refractivity contribution in [3.05, 3.63) is 56.3 Å². The summed E-state index contributed by atoms with van der Waals surface area (Å²) in [5, 5.41) is 0. The van der Waals surface area contributed by atoms with Gasteiger partial charge in [-0.2, -0.15) is 0 Å². The zero-order valence-electron chi connectivity index (χ0n) is 9.46. The first kappa shape index (κ1) is 12.1. The Morgan fingerprint density at radius 3 is 2.53 bits per heavy atom. The van der Waals surface area contributed by atoms with Gasteiger partial charge in [0.1, 0.15) is 0 Å². The number of aromatic amines is 1. The van der Waals surface area contributed by atoms with Crippen LogP contribution in [0, 0.1) is 6.92 Å². The predicted molar refractivity (Wildman–Crippen MR) is 72.8 cm³/mol. The lowest BCUT2D eigenvalue weighted by atomic mass is 10.1. The topological polar surface area (TPSA) is 58.9 Å². The van der Waals surface area contributed by atoms with E-state index in [-0.39, 0.29) is 12.1 Å². The third kappa shape index (κ3) is 2.48. The molecule has 17 heavy (non-hydrogen) atoms. The van der Waals surface area contributed by atoms with Gasteiger partial charge in [0.25, 0.3) is 5.56 Å². The van der Waals surface area contributed by atoms with Gasteiger partial charge < -0.3 is 10.7 Å². The van der Waals surface area contributed by atoms with Gasteiger partial charge in [-0.1, -0.05) is 29.8 Å². The summed E-state index contributed by atoms with van der Waals surface area (Å²) in [6.07, 6.45) is 0. The number of rotatable bonds is 2. The molecule has 0 atom stereocenters. The number of aryl methyl sites for hydroxylation is 1. The molecule has 88 valence electrons. The minimum absolute atomic E-state index is 0.133. The molecule has 4 heteroatoms. The zero-order chi connectivity index (χ0) is 12.4. The molecule has 1 heterocycles. The highest BCUT2D eigenvalue weighted by atomic mass is 79.9. The van der Waals surface area contributed by atoms with Gasteiger partial charge in [0.05, 0.1) is 5.69 Å². The van der Waals surface area contributed by atoms with Crippen molar-refractivity contribution in [2.75, 3.05) is 0 Å². The summed E-state index contributed by atoms with van der Waals surface area (Å²) < 4.78 is 0.849. The molecule has 0 spiro atoms. The van der Waals surface area contributed by atoms with Gasteiger partial charge >= 0.3 is 0 Å². The Labute approximate surface area is 108 Å². The van der Waals surface area contributed by atoms with Crippen molar-refractivity contribution in [3.63, 3.8) is 0 Å². The summed E-state index contributed by atoms with van der Waals surface area (Å²) in [5.74, 6) is 0. The van der Waals surface area contributed by atoms with Crippen molar-refractivity contribution in [1.82, 2.24) is 4.98 Å². The first-order valence-electron chi connectivity index (χ1n) is 5.30. The molecule has 0 aliphatic rings. The number of nitrogens with two attached hydrogens (primary N) is 1. The fraction of sp³-hybridized carbons (Fsp3) is 0.154. The molecule has 1 aromatic carbocycles. The SMILES string of the molecule is Cc1ccc(-c2[nH]c(=O)c(CN)cc2Br)cc1. The van der Waals surface area contributed by atoms with Gasteiger partial charge in [-0.3, -0.25) is 4.79 Å². The van der Waals surface area contributed by atoms with E-state index in [1.807, 2.05) is 31.2 Å². The molecule has 0 saturated heterocycles. The van der Waals surface area contributed by atoms with E-state index in [2.05, 4.69) is 20.9 Å². The molecular formula is C13H13BrN2O. The minimum Gasteiger partial charge on any atom is -0.326 e. The van der Waals surface area contributed by atoms with E-state index in [9.17, 15) is 4.79 Å². The predicted octanol–water partition coefficient (Wildman–Crippen LogP) is 2.57. The molecule has 0 aliphatic carbocycles. The zero-order valence-corrected chi connectivity index (χ0v) is 11.0. The smallest absolute Gasteiger partial charge is 0.252 e. The average molecular weight is 293 g/mol. The molecule has 0 amide bonds. The van der Waals surface area contributed by atoms with Crippen LogP contribution in [0.3, 0.4) is 0 Å². The van der Waals surface area contributed by atoms with Crippen molar-refractivity contribution >= 4 is 15.9 Å². The van der Waals surface area contributed by atoms with E-state index in [1.54, 1.807) is 6.07 Å². The summed E-state index contributed by atoms with van der Waals surface area (Å²) in [6, 6.07) is 9.75. The summed E-state index contributed by atoms with van der Waals surface area (Å²) in [6.45, 7) is 2.27. The van der Waals surface area contributed by atoms with Gasteiger partial charge in [0.15, 0.2) is 0 Å². The van der Waals surface area contributed by atoms with Crippen LogP contribution in [0.15, 0.2) is 39.6 Å². The van der Waals surface area contributed by atoms with E-state index in [0.717, 1.165) is 15.7 Å². The van der Waals surface area contributed by atoms with E-state index < -0.39 is 0 Å². The fourth-order valence-electron chi connectivity index (χ4n) is 1.63. The highest BCUT2D eigenvalue weighted by Gasteiger charge is 2.07. The lowest BCUT2D eigenvalue weighted by Gasteiger charge is -2.06. The number of H-pyrrole nitrogens is 1. The van der Waals surface area contributed by atoms with Crippen LogP contribution in [-0.2, 0) is 6.54 Å². The molecular weight excluding hydrogens is 280 g/mol. The van der Waals surface area contributed by atoms with E-state index in [4.69, 9.17) is 5.73 Å². The summed E-state index contributed by atoms with van der Waals surface area (Å²) in [5.41, 5.74) is 8.88. The summed E-state index contributed by atoms with van der Waals surface area (Å²) in [4.78, 5) is 14.6. The number of hydrogen-bond acceptors (Lipinski definition) is 2. The molecule has 0 radical (unpaired) electrons. The minimum atomic E-state index is -0.133. The highest BCUT2D eigenvalue weighted by molar-refractivity contribution is 9.10. The molecule has 2 aromatic rings. The van der Waals surface area contributed by atoms with Gasteiger partial charge in [-0.05, 0) is 34.5 Å². The highest BCUT2D eigenvalue weighted by Crippen LogP contribution is 2.25. The lowest BCUT2D eigenvalue weighted by Crippen LogP contribution is -2.16. The number of nitrogens with one attached hydrogen (secondary N) is 1. The Morgan fingerprint density at radius 2 is 1.94 bits per heavy atom. The molecule has 0 fully saturated rings. The van der Waals surface area contributed by atoms with Gasteiger partial charge in [-0.15, -0.1) is 0 Å². The molecule has 3 nitrogen and oxygen atoms in total. The first-order chi connectivity index (χ1) is 8.11. The van der Waals surface area contributed by atoms with Gasteiger partial charge in [0.2, 0.25) is 0 Å². The molecule has 0 bridgehead atoms. The average Bonchev–Trinajstić information content (AvgIpc) is 2.33. The second-order valence-electron chi connectivity index (χ2n) is 3.92. The van der Waals surface area contributed by atoms with Crippen LogP contribution < -0.4 is 11.3 Å². The van der Waals surface area contributed by atoms with Crippen molar-refractivity contribution in [2.24, 2.45) is 5.73 Å². The monoisotopic (exact) mass is 292 g/mol. The summed E-state index contributed by atoms with van der Waals surface area (Å²) >= 11 is 3.45. The Balaban J connectivity index is 2.56. The number of pyridine rings is 1. The standard InChI is InChI=1S/C13H13BrN2O/c1-8-2-4-9(5-3-8)12-11(14)6-10(7-15)13(17)16-12/h2-6H,7,15H2,1H3,(H,16,17). The van der Waals surface area contributed by atoms with Crippen molar-refractivity contribution in [1.29, 1.82) is 0 Å². The Kier molecular flexibility index (Phi) is 3.45. The van der Waals surface area contributed by atoms with Crippen LogP contribution in [0.2, 0.25) is 0 Å². The van der Waals surface area contributed by atoms with E-state index in [1.165, 1.54) is 5.56 Å². The second-order valence-corrected chi connectivity index (χ2v) is 4.77. The van der Waals surface area contributed by atoms with Crippen LogP contribution >= 0.6 is 15.9 Å². The van der Waals surface area contributed by atoms with Crippen molar-refractivity contribution < 1.29 is 0 Å². The lowest BCUT2D eigenvalue weighted by molar-refractivity contribution is 1.01. The second kappa shape index (κ2) is 4.85.